The lowest BCUT2D eigenvalue weighted by Crippen LogP contribution is -2.18. The van der Waals surface area contributed by atoms with E-state index < -0.39 is 4.92 Å². The number of benzene rings is 2. The van der Waals surface area contributed by atoms with E-state index in [1.165, 1.54) is 12.1 Å². The molecule has 0 spiro atoms. The average Bonchev–Trinajstić information content (AvgIpc) is 2.43. The first-order chi connectivity index (χ1) is 9.97. The second-order valence-corrected chi connectivity index (χ2v) is 5.59. The molecule has 0 radical (unpaired) electrons. The molecule has 0 amide bonds. The van der Waals surface area contributed by atoms with Crippen LogP contribution in [0.25, 0.3) is 0 Å². The summed E-state index contributed by atoms with van der Waals surface area (Å²) in [6, 6.07) is 12.7. The third-order valence-electron chi connectivity index (χ3n) is 3.02. The van der Waals surface area contributed by atoms with E-state index in [4.69, 9.17) is 23.2 Å². The molecule has 0 bridgehead atoms. The van der Waals surface area contributed by atoms with Gasteiger partial charge in [-0.2, -0.15) is 0 Å². The summed E-state index contributed by atoms with van der Waals surface area (Å²) in [6.45, 7) is 1.96. The van der Waals surface area contributed by atoms with Crippen molar-refractivity contribution in [3.05, 3.63) is 68.2 Å². The van der Waals surface area contributed by atoms with Crippen molar-refractivity contribution < 1.29 is 4.92 Å². The maximum Gasteiger partial charge on any atom is 0.293 e. The number of nitro groups is 1. The smallest absolute Gasteiger partial charge is 0.293 e. The summed E-state index contributed by atoms with van der Waals surface area (Å²) < 4.78 is 0. The summed E-state index contributed by atoms with van der Waals surface area (Å²) in [5.41, 5.74) is 1.45. The number of anilines is 1. The highest BCUT2D eigenvalue weighted by molar-refractivity contribution is 6.42. The summed E-state index contributed by atoms with van der Waals surface area (Å²) in [5, 5.41) is 14.7. The molecule has 0 fully saturated rings. The van der Waals surface area contributed by atoms with Crippen LogP contribution in [0.2, 0.25) is 10.0 Å². The molecule has 6 heteroatoms. The third kappa shape index (κ3) is 4.09. The van der Waals surface area contributed by atoms with Gasteiger partial charge in [0, 0.05) is 12.1 Å². The maximum absolute atomic E-state index is 11.1. The van der Waals surface area contributed by atoms with Crippen LogP contribution in [0.3, 0.4) is 0 Å². The van der Waals surface area contributed by atoms with Gasteiger partial charge in [0.05, 0.1) is 15.0 Å². The Morgan fingerprint density at radius 2 is 1.81 bits per heavy atom. The topological polar surface area (TPSA) is 55.2 Å². The van der Waals surface area contributed by atoms with Gasteiger partial charge in [0.1, 0.15) is 5.69 Å². The van der Waals surface area contributed by atoms with Crippen molar-refractivity contribution in [2.45, 2.75) is 19.4 Å². The molecule has 0 aliphatic heterocycles. The molecule has 0 saturated carbocycles. The molecule has 0 aliphatic rings. The van der Waals surface area contributed by atoms with E-state index >= 15 is 0 Å². The molecule has 0 aliphatic carbocycles. The fourth-order valence-corrected chi connectivity index (χ4v) is 2.41. The first-order valence-corrected chi connectivity index (χ1v) is 7.17. The predicted molar refractivity (Wildman–Crippen MR) is 86.3 cm³/mol. The van der Waals surface area contributed by atoms with E-state index in [1.807, 2.05) is 37.3 Å². The van der Waals surface area contributed by atoms with Gasteiger partial charge in [-0.25, -0.2) is 0 Å². The van der Waals surface area contributed by atoms with Gasteiger partial charge in [-0.15, -0.1) is 0 Å². The molecule has 1 atom stereocenters. The van der Waals surface area contributed by atoms with E-state index in [-0.39, 0.29) is 21.8 Å². The number of hydrogen-bond acceptors (Lipinski definition) is 3. The van der Waals surface area contributed by atoms with Crippen LogP contribution in [-0.4, -0.2) is 11.0 Å². The van der Waals surface area contributed by atoms with Crippen molar-refractivity contribution in [3.63, 3.8) is 0 Å². The van der Waals surface area contributed by atoms with Gasteiger partial charge in [-0.3, -0.25) is 10.1 Å². The van der Waals surface area contributed by atoms with Gasteiger partial charge in [0.25, 0.3) is 5.69 Å². The Bertz CT molecular complexity index is 648. The molecule has 21 heavy (non-hydrogen) atoms. The van der Waals surface area contributed by atoms with E-state index in [2.05, 4.69) is 5.32 Å². The molecular weight excluding hydrogens is 311 g/mol. The van der Waals surface area contributed by atoms with Crippen LogP contribution in [0.15, 0.2) is 42.5 Å². The van der Waals surface area contributed by atoms with Crippen molar-refractivity contribution in [2.24, 2.45) is 0 Å². The van der Waals surface area contributed by atoms with Crippen molar-refractivity contribution in [1.29, 1.82) is 0 Å². The monoisotopic (exact) mass is 324 g/mol. The van der Waals surface area contributed by atoms with Gasteiger partial charge in [0.15, 0.2) is 0 Å². The quantitative estimate of drug-likeness (QED) is 0.625. The van der Waals surface area contributed by atoms with Crippen molar-refractivity contribution >= 4 is 34.6 Å². The minimum Gasteiger partial charge on any atom is -0.377 e. The van der Waals surface area contributed by atoms with Crippen LogP contribution in [-0.2, 0) is 6.42 Å². The van der Waals surface area contributed by atoms with Crippen molar-refractivity contribution in [2.75, 3.05) is 5.32 Å². The van der Waals surface area contributed by atoms with Gasteiger partial charge < -0.3 is 5.32 Å². The summed E-state index contributed by atoms with van der Waals surface area (Å²) in [4.78, 5) is 10.6. The molecule has 4 nitrogen and oxygen atoms in total. The highest BCUT2D eigenvalue weighted by Gasteiger charge is 2.18. The summed E-state index contributed by atoms with van der Waals surface area (Å²) in [6.07, 6.45) is 0.748. The van der Waals surface area contributed by atoms with Crippen LogP contribution in [0, 0.1) is 10.1 Å². The minimum atomic E-state index is -0.472. The first kappa shape index (κ1) is 15.6. The zero-order valence-electron chi connectivity index (χ0n) is 11.3. The molecule has 2 aromatic rings. The molecule has 2 rings (SSSR count). The number of nitrogens with one attached hydrogen (secondary N) is 1. The lowest BCUT2D eigenvalue weighted by molar-refractivity contribution is -0.384. The summed E-state index contributed by atoms with van der Waals surface area (Å²) >= 11 is 11.8. The highest BCUT2D eigenvalue weighted by atomic mass is 35.5. The Morgan fingerprint density at radius 3 is 2.43 bits per heavy atom. The van der Waals surface area contributed by atoms with Crippen LogP contribution in [0.4, 0.5) is 11.4 Å². The van der Waals surface area contributed by atoms with Gasteiger partial charge in [0.2, 0.25) is 0 Å². The molecule has 110 valence electrons. The largest absolute Gasteiger partial charge is 0.377 e. The number of nitrogens with zero attached hydrogens (tertiary/aromatic N) is 1. The second kappa shape index (κ2) is 6.78. The van der Waals surface area contributed by atoms with Crippen LogP contribution in [0.1, 0.15) is 12.5 Å². The van der Waals surface area contributed by atoms with Gasteiger partial charge in [-0.1, -0.05) is 53.5 Å². The van der Waals surface area contributed by atoms with E-state index in [9.17, 15) is 10.1 Å². The average molecular weight is 325 g/mol. The fourth-order valence-electron chi connectivity index (χ4n) is 2.09. The molecule has 0 aromatic heterocycles. The molecule has 1 unspecified atom stereocenters. The zero-order valence-corrected chi connectivity index (χ0v) is 12.9. The van der Waals surface area contributed by atoms with Crippen molar-refractivity contribution in [3.8, 4) is 0 Å². The Kier molecular flexibility index (Phi) is 5.04. The third-order valence-corrected chi connectivity index (χ3v) is 3.74. The lowest BCUT2D eigenvalue weighted by atomic mass is 10.1. The lowest BCUT2D eigenvalue weighted by Gasteiger charge is -2.16. The number of rotatable bonds is 5. The zero-order chi connectivity index (χ0) is 15.4. The van der Waals surface area contributed by atoms with E-state index in [0.29, 0.717) is 5.69 Å². The van der Waals surface area contributed by atoms with Crippen LogP contribution in [0.5, 0.6) is 0 Å². The number of hydrogen-bond donors (Lipinski definition) is 1. The first-order valence-electron chi connectivity index (χ1n) is 6.41. The number of nitro benzene ring substituents is 1. The molecule has 1 N–H and O–H groups in total. The fraction of sp³-hybridized carbons (Fsp3) is 0.200. The second-order valence-electron chi connectivity index (χ2n) is 4.78. The molecule has 0 saturated heterocycles. The van der Waals surface area contributed by atoms with Crippen LogP contribution >= 0.6 is 23.2 Å². The predicted octanol–water partition coefficient (Wildman–Crippen LogP) is 4.94. The Balaban J connectivity index is 2.18. The van der Waals surface area contributed by atoms with Gasteiger partial charge in [-0.05, 0) is 25.0 Å². The Labute approximate surface area is 132 Å². The normalized spacial score (nSPS) is 12.0. The Morgan fingerprint density at radius 1 is 1.19 bits per heavy atom. The standard InChI is InChI=1S/C15H14Cl2N2O2/c1-10(7-11-5-3-2-4-6-11)18-14-8-12(16)13(17)9-15(14)19(20)21/h2-6,8-10,18H,7H2,1H3. The van der Waals surface area contributed by atoms with Crippen molar-refractivity contribution in [1.82, 2.24) is 0 Å². The minimum absolute atomic E-state index is 0.0170. The maximum atomic E-state index is 11.1. The van der Waals surface area contributed by atoms with E-state index in [0.717, 1.165) is 12.0 Å². The summed E-state index contributed by atoms with van der Waals surface area (Å²) in [7, 11) is 0. The highest BCUT2D eigenvalue weighted by Crippen LogP contribution is 2.34. The SMILES string of the molecule is CC(Cc1ccccc1)Nc1cc(Cl)c(Cl)cc1[N+](=O)[O-]. The molecule has 2 aromatic carbocycles. The van der Waals surface area contributed by atoms with E-state index in [1.54, 1.807) is 0 Å². The van der Waals surface area contributed by atoms with Crippen LogP contribution < -0.4 is 5.32 Å². The van der Waals surface area contributed by atoms with Gasteiger partial charge >= 0.3 is 0 Å². The molecular formula is C15H14Cl2N2O2. The summed E-state index contributed by atoms with van der Waals surface area (Å²) in [5.74, 6) is 0. The number of halogens is 2. The Hall–Kier alpha value is -1.78. The molecule has 0 heterocycles.